The Morgan fingerprint density at radius 3 is 1.39 bits per heavy atom. The fourth-order valence-electron chi connectivity index (χ4n) is 1.57. The number of phosphoric acid groups is 4. The lowest BCUT2D eigenvalue weighted by molar-refractivity contribution is 0.102. The van der Waals surface area contributed by atoms with Gasteiger partial charge < -0.3 is 19.6 Å². The quantitative estimate of drug-likeness (QED) is 0.353. The zero-order chi connectivity index (χ0) is 21.6. The molecule has 0 amide bonds. The van der Waals surface area contributed by atoms with E-state index in [4.69, 9.17) is 19.6 Å². The predicted molar refractivity (Wildman–Crippen MR) is 89.9 cm³/mol. The Morgan fingerprint density at radius 1 is 0.643 bits per heavy atom. The van der Waals surface area contributed by atoms with E-state index in [0.29, 0.717) is 19.6 Å². The van der Waals surface area contributed by atoms with Crippen LogP contribution in [0.3, 0.4) is 0 Å². The molecule has 3 aliphatic heterocycles. The zero-order valence-corrected chi connectivity index (χ0v) is 18.3. The molecule has 0 spiro atoms. The summed E-state index contributed by atoms with van der Waals surface area (Å²) in [5.41, 5.74) is 0. The first-order valence-corrected chi connectivity index (χ1v) is 13.6. The highest BCUT2D eigenvalue weighted by Crippen LogP contribution is 2.62. The van der Waals surface area contributed by atoms with Crippen molar-refractivity contribution in [1.82, 2.24) is 0 Å². The molecular weight excluding hydrogens is 472 g/mol. The van der Waals surface area contributed by atoms with Gasteiger partial charge in [0.1, 0.15) is 0 Å². The van der Waals surface area contributed by atoms with Crippen LogP contribution in [0.1, 0.15) is 20.3 Å². The Morgan fingerprint density at radius 2 is 1.07 bits per heavy atom. The second-order valence-electron chi connectivity index (χ2n) is 5.40. The Hall–Kier alpha value is 0.480. The molecule has 15 nitrogen and oxygen atoms in total. The van der Waals surface area contributed by atoms with Crippen LogP contribution in [-0.4, -0.2) is 58.2 Å². The molecule has 0 aromatic rings. The Bertz CT molecular complexity index is 671. The largest absolute Gasteiger partial charge is 0.481 e. The van der Waals surface area contributed by atoms with Crippen molar-refractivity contribution in [1.29, 1.82) is 0 Å². The second-order valence-corrected chi connectivity index (χ2v) is 11.3. The van der Waals surface area contributed by atoms with Crippen molar-refractivity contribution in [2.45, 2.75) is 32.5 Å². The van der Waals surface area contributed by atoms with E-state index in [2.05, 4.69) is 31.5 Å². The van der Waals surface area contributed by atoms with Crippen LogP contribution in [0.5, 0.6) is 0 Å². The van der Waals surface area contributed by atoms with Crippen LogP contribution < -0.4 is 0 Å². The third-order valence-corrected chi connectivity index (χ3v) is 7.45. The summed E-state index contributed by atoms with van der Waals surface area (Å²) in [6.07, 6.45) is -0.306. The first-order valence-electron chi connectivity index (χ1n) is 7.59. The van der Waals surface area contributed by atoms with E-state index in [1.807, 2.05) is 0 Å². The highest BCUT2D eigenvalue weighted by atomic mass is 31.3. The van der Waals surface area contributed by atoms with Gasteiger partial charge in [-0.2, -0.15) is 4.31 Å². The number of hydrogen-bond acceptors (Lipinski definition) is 11. The minimum atomic E-state index is -4.45. The molecule has 5 unspecified atom stereocenters. The average Bonchev–Trinajstić information content (AvgIpc) is 2.76. The van der Waals surface area contributed by atoms with Gasteiger partial charge in [-0.25, -0.2) is 18.3 Å². The summed E-state index contributed by atoms with van der Waals surface area (Å²) in [6.45, 7) is 3.70. The van der Waals surface area contributed by atoms with E-state index in [1.54, 1.807) is 6.92 Å². The van der Waals surface area contributed by atoms with Crippen LogP contribution in [0.2, 0.25) is 0 Å². The molecule has 0 aliphatic carbocycles. The summed E-state index contributed by atoms with van der Waals surface area (Å²) in [6, 6.07) is 0. The molecule has 0 aromatic carbocycles. The van der Waals surface area contributed by atoms with Crippen LogP contribution >= 0.6 is 31.3 Å². The highest BCUT2D eigenvalue weighted by molar-refractivity contribution is 7.61. The van der Waals surface area contributed by atoms with Gasteiger partial charge in [-0.05, 0) is 20.3 Å². The third kappa shape index (κ3) is 11.6. The van der Waals surface area contributed by atoms with Crippen molar-refractivity contribution in [3.8, 4) is 0 Å². The lowest BCUT2D eigenvalue weighted by Gasteiger charge is -2.16. The third-order valence-electron chi connectivity index (χ3n) is 2.57. The minimum absolute atomic E-state index is 0.216. The molecule has 0 aromatic heterocycles. The van der Waals surface area contributed by atoms with E-state index >= 15 is 0 Å². The minimum Gasteiger partial charge on any atom is -0.302 e. The van der Waals surface area contributed by atoms with Crippen molar-refractivity contribution in [3.05, 3.63) is 0 Å². The van der Waals surface area contributed by atoms with E-state index in [1.165, 1.54) is 6.92 Å². The maximum Gasteiger partial charge on any atom is 0.481 e. The van der Waals surface area contributed by atoms with Crippen molar-refractivity contribution >= 4 is 31.3 Å². The molecule has 3 heterocycles. The Kier molecular flexibility index (Phi) is 10.1. The summed E-state index contributed by atoms with van der Waals surface area (Å²) in [7, 11) is -16.1. The smallest absolute Gasteiger partial charge is 0.302 e. The first kappa shape index (κ1) is 26.5. The van der Waals surface area contributed by atoms with Gasteiger partial charge in [-0.3, -0.25) is 27.1 Å². The number of hydrogen-bond donors (Lipinski definition) is 4. The molecule has 0 bridgehead atoms. The Labute approximate surface area is 160 Å². The van der Waals surface area contributed by atoms with Gasteiger partial charge in [-0.1, -0.05) is 0 Å². The van der Waals surface area contributed by atoms with Crippen LogP contribution in [-0.2, 0) is 49.7 Å². The van der Waals surface area contributed by atoms with Crippen LogP contribution in [0.4, 0.5) is 0 Å². The van der Waals surface area contributed by atoms with Gasteiger partial charge in [0, 0.05) is 0 Å². The lowest BCUT2D eigenvalue weighted by Crippen LogP contribution is -2.09. The van der Waals surface area contributed by atoms with Crippen molar-refractivity contribution in [3.63, 3.8) is 0 Å². The standard InChI is InChI=1S/C3H8O7P2.2C3H7O4P/c1-3-2-8-11(4,5)10-12(6,7)9-3;1-3-2-6-8(4,5)7-3;4-8(5)6-2-1-3-7-8/h3H,2H2,1H3,(H,4,5)(H,6,7);3H,2H2,1H3,(H,4,5);1-3H2,(H,4,5). The first-order chi connectivity index (χ1) is 12.6. The van der Waals surface area contributed by atoms with E-state index in [0.717, 1.165) is 0 Å². The molecule has 3 aliphatic rings. The van der Waals surface area contributed by atoms with Crippen LogP contribution in [0.15, 0.2) is 0 Å². The summed E-state index contributed by atoms with van der Waals surface area (Å²) in [4.78, 5) is 34.4. The number of phosphoric ester groups is 4. The zero-order valence-electron chi connectivity index (χ0n) is 14.8. The molecule has 19 heteroatoms. The molecule has 3 rings (SSSR count). The summed E-state index contributed by atoms with van der Waals surface area (Å²) in [5.74, 6) is 0. The normalized spacial score (nSPS) is 42.9. The predicted octanol–water partition coefficient (Wildman–Crippen LogP) is 1.68. The summed E-state index contributed by atoms with van der Waals surface area (Å²) >= 11 is 0. The van der Waals surface area contributed by atoms with E-state index < -0.39 is 37.4 Å². The van der Waals surface area contributed by atoms with Gasteiger partial charge in [0.15, 0.2) is 0 Å². The van der Waals surface area contributed by atoms with Crippen LogP contribution in [0, 0.1) is 0 Å². The SMILES string of the molecule is CC1COP(=O)(O)O1.CC1COP(=O)(O)OP(=O)(O)O1.O=P1(O)OCCCO1. The molecular formula is C9H22O15P4. The van der Waals surface area contributed by atoms with Gasteiger partial charge in [0.05, 0.1) is 38.6 Å². The van der Waals surface area contributed by atoms with E-state index in [9.17, 15) is 18.3 Å². The van der Waals surface area contributed by atoms with Crippen molar-refractivity contribution < 1.29 is 69.3 Å². The molecule has 3 fully saturated rings. The fraction of sp³-hybridized carbons (Fsp3) is 1.00. The number of rotatable bonds is 0. The molecule has 0 radical (unpaired) electrons. The molecule has 28 heavy (non-hydrogen) atoms. The maximum atomic E-state index is 10.8. The van der Waals surface area contributed by atoms with Gasteiger partial charge in [-0.15, -0.1) is 0 Å². The molecule has 168 valence electrons. The Balaban J connectivity index is 0.000000217. The summed E-state index contributed by atoms with van der Waals surface area (Å²) in [5, 5.41) is 0. The van der Waals surface area contributed by atoms with Gasteiger partial charge in [0.25, 0.3) is 0 Å². The van der Waals surface area contributed by atoms with E-state index in [-0.39, 0.29) is 19.3 Å². The molecule has 5 atom stereocenters. The monoisotopic (exact) mass is 494 g/mol. The lowest BCUT2D eigenvalue weighted by atomic mass is 10.5. The van der Waals surface area contributed by atoms with Gasteiger partial charge in [0.2, 0.25) is 0 Å². The van der Waals surface area contributed by atoms with Crippen molar-refractivity contribution in [2.75, 3.05) is 26.4 Å². The molecule has 4 N–H and O–H groups in total. The summed E-state index contributed by atoms with van der Waals surface area (Å²) < 4.78 is 72.1. The van der Waals surface area contributed by atoms with Crippen LogP contribution in [0.25, 0.3) is 0 Å². The maximum absolute atomic E-state index is 10.8. The highest BCUT2D eigenvalue weighted by Gasteiger charge is 2.40. The fourth-order valence-corrected chi connectivity index (χ4v) is 5.64. The molecule has 0 saturated carbocycles. The topological polar surface area (TPSA) is 214 Å². The van der Waals surface area contributed by atoms with Gasteiger partial charge >= 0.3 is 31.3 Å². The van der Waals surface area contributed by atoms with Crippen molar-refractivity contribution in [2.24, 2.45) is 0 Å². The second kappa shape index (κ2) is 10.7. The average molecular weight is 494 g/mol. The molecule has 3 saturated heterocycles.